The Labute approximate surface area is 192 Å². The van der Waals surface area contributed by atoms with E-state index in [9.17, 15) is 14.4 Å². The van der Waals surface area contributed by atoms with Gasteiger partial charge in [0.1, 0.15) is 0 Å². The first-order valence-corrected chi connectivity index (χ1v) is 10.6. The average Bonchev–Trinajstić information content (AvgIpc) is 2.79. The first kappa shape index (κ1) is 25.0. The third-order valence-electron chi connectivity index (χ3n) is 4.30. The Balaban J connectivity index is 1.65. The van der Waals surface area contributed by atoms with Crippen molar-refractivity contribution in [1.82, 2.24) is 10.6 Å². The van der Waals surface area contributed by atoms with Gasteiger partial charge in [0.05, 0.1) is 19.6 Å². The van der Waals surface area contributed by atoms with E-state index in [1.54, 1.807) is 31.4 Å². The number of rotatable bonds is 11. The second-order valence-corrected chi connectivity index (χ2v) is 7.19. The van der Waals surface area contributed by atoms with Gasteiger partial charge in [0.15, 0.2) is 5.11 Å². The summed E-state index contributed by atoms with van der Waals surface area (Å²) in [6, 6.07) is 16.3. The molecule has 0 aliphatic heterocycles. The topological polar surface area (TPSA) is 106 Å². The molecule has 2 aromatic carbocycles. The smallest absolute Gasteiger partial charge is 0.306 e. The fourth-order valence-corrected chi connectivity index (χ4v) is 2.87. The summed E-state index contributed by atoms with van der Waals surface area (Å²) in [5, 5.41) is 8.21. The van der Waals surface area contributed by atoms with E-state index in [0.29, 0.717) is 30.8 Å². The molecule has 0 aromatic heterocycles. The largest absolute Gasteiger partial charge is 0.465 e. The van der Waals surface area contributed by atoms with Gasteiger partial charge in [0.2, 0.25) is 5.91 Å². The molecule has 0 radical (unpaired) electrons. The van der Waals surface area contributed by atoms with Gasteiger partial charge in [-0.3, -0.25) is 14.4 Å². The molecule has 0 saturated heterocycles. The number of benzene rings is 2. The van der Waals surface area contributed by atoms with Crippen molar-refractivity contribution in [2.75, 3.05) is 32.2 Å². The van der Waals surface area contributed by atoms with E-state index in [1.807, 2.05) is 30.3 Å². The molecule has 170 valence electrons. The summed E-state index contributed by atoms with van der Waals surface area (Å²) in [7, 11) is 1.56. The number of amides is 2. The van der Waals surface area contributed by atoms with Crippen molar-refractivity contribution < 1.29 is 23.9 Å². The van der Waals surface area contributed by atoms with E-state index < -0.39 is 11.9 Å². The first-order chi connectivity index (χ1) is 15.5. The number of hydrogen-bond acceptors (Lipinski definition) is 6. The van der Waals surface area contributed by atoms with Gasteiger partial charge >= 0.3 is 5.97 Å². The summed E-state index contributed by atoms with van der Waals surface area (Å²) in [6.45, 7) is 1.13. The Morgan fingerprint density at radius 2 is 1.66 bits per heavy atom. The minimum atomic E-state index is -0.436. The third-order valence-corrected chi connectivity index (χ3v) is 4.51. The Morgan fingerprint density at radius 3 is 2.34 bits per heavy atom. The maximum absolute atomic E-state index is 12.0. The molecule has 0 saturated carbocycles. The Morgan fingerprint density at radius 1 is 0.938 bits per heavy atom. The third kappa shape index (κ3) is 9.67. The van der Waals surface area contributed by atoms with Crippen LogP contribution in [0.15, 0.2) is 54.6 Å². The van der Waals surface area contributed by atoms with Crippen LogP contribution in [0.25, 0.3) is 0 Å². The molecule has 32 heavy (non-hydrogen) atoms. The molecule has 0 atom stereocenters. The number of methoxy groups -OCH3 is 1. The fraction of sp³-hybridized carbons (Fsp3) is 0.304. The SMILES string of the molecule is COCCNC(=O)c1ccc(NC(=S)NC(=O)CCC(=O)OCCc2ccccc2)cc1. The highest BCUT2D eigenvalue weighted by molar-refractivity contribution is 7.80. The molecule has 0 fully saturated rings. The van der Waals surface area contributed by atoms with E-state index in [2.05, 4.69) is 16.0 Å². The van der Waals surface area contributed by atoms with Crippen LogP contribution in [0, 0.1) is 0 Å². The van der Waals surface area contributed by atoms with Gasteiger partial charge in [-0.05, 0) is 42.0 Å². The highest BCUT2D eigenvalue weighted by atomic mass is 32.1. The molecule has 0 aliphatic rings. The molecule has 0 bridgehead atoms. The fourth-order valence-electron chi connectivity index (χ4n) is 2.64. The number of carbonyl (C=O) groups is 3. The van der Waals surface area contributed by atoms with Crippen molar-refractivity contribution in [2.45, 2.75) is 19.3 Å². The Bertz CT molecular complexity index is 904. The molecule has 9 heteroatoms. The van der Waals surface area contributed by atoms with Gasteiger partial charge in [-0.25, -0.2) is 0 Å². The van der Waals surface area contributed by atoms with Crippen molar-refractivity contribution >= 4 is 40.8 Å². The van der Waals surface area contributed by atoms with Crippen LogP contribution in [0.3, 0.4) is 0 Å². The summed E-state index contributed by atoms with van der Waals surface area (Å²) in [5.74, 6) is -1.04. The van der Waals surface area contributed by atoms with Crippen molar-refractivity contribution in [3.8, 4) is 0 Å². The number of esters is 1. The summed E-state index contributed by atoms with van der Waals surface area (Å²) in [6.07, 6.45) is 0.559. The molecule has 0 unspecified atom stereocenters. The lowest BCUT2D eigenvalue weighted by atomic mass is 10.2. The minimum absolute atomic E-state index is 0.0316. The lowest BCUT2D eigenvalue weighted by Crippen LogP contribution is -2.34. The molecule has 2 rings (SSSR count). The monoisotopic (exact) mass is 457 g/mol. The number of carbonyl (C=O) groups excluding carboxylic acids is 3. The molecule has 2 aromatic rings. The maximum atomic E-state index is 12.0. The van der Waals surface area contributed by atoms with Crippen LogP contribution in [0.4, 0.5) is 5.69 Å². The van der Waals surface area contributed by atoms with Gasteiger partial charge in [0.25, 0.3) is 5.91 Å². The molecule has 0 spiro atoms. The summed E-state index contributed by atoms with van der Waals surface area (Å²) in [4.78, 5) is 35.8. The van der Waals surface area contributed by atoms with Crippen molar-refractivity contribution in [1.29, 1.82) is 0 Å². The normalized spacial score (nSPS) is 10.2. The van der Waals surface area contributed by atoms with Crippen LogP contribution < -0.4 is 16.0 Å². The number of hydrogen-bond donors (Lipinski definition) is 3. The molecule has 8 nitrogen and oxygen atoms in total. The predicted molar refractivity (Wildman–Crippen MR) is 125 cm³/mol. The highest BCUT2D eigenvalue weighted by Gasteiger charge is 2.10. The second kappa shape index (κ2) is 13.9. The Hall–Kier alpha value is -3.30. The second-order valence-electron chi connectivity index (χ2n) is 6.78. The zero-order chi connectivity index (χ0) is 23.2. The van der Waals surface area contributed by atoms with Crippen molar-refractivity contribution in [3.63, 3.8) is 0 Å². The van der Waals surface area contributed by atoms with Crippen LogP contribution in [-0.4, -0.2) is 49.8 Å². The first-order valence-electron chi connectivity index (χ1n) is 10.2. The molecule has 2 amide bonds. The van der Waals surface area contributed by atoms with Crippen LogP contribution >= 0.6 is 12.2 Å². The highest BCUT2D eigenvalue weighted by Crippen LogP contribution is 2.09. The zero-order valence-corrected chi connectivity index (χ0v) is 18.7. The Kier molecular flexibility index (Phi) is 10.8. The van der Waals surface area contributed by atoms with E-state index in [0.717, 1.165) is 5.56 Å². The summed E-state index contributed by atoms with van der Waals surface area (Å²) in [5.41, 5.74) is 2.19. The van der Waals surface area contributed by atoms with Crippen LogP contribution in [0.5, 0.6) is 0 Å². The molecule has 3 N–H and O–H groups in total. The van der Waals surface area contributed by atoms with E-state index in [-0.39, 0.29) is 30.5 Å². The van der Waals surface area contributed by atoms with E-state index >= 15 is 0 Å². The molecular weight excluding hydrogens is 430 g/mol. The van der Waals surface area contributed by atoms with Gasteiger partial charge in [0, 0.05) is 37.7 Å². The quantitative estimate of drug-likeness (QED) is 0.270. The van der Waals surface area contributed by atoms with Crippen LogP contribution in [0.2, 0.25) is 0 Å². The number of anilines is 1. The van der Waals surface area contributed by atoms with E-state index in [4.69, 9.17) is 21.7 Å². The van der Waals surface area contributed by atoms with Crippen molar-refractivity contribution in [2.24, 2.45) is 0 Å². The summed E-state index contributed by atoms with van der Waals surface area (Å²) < 4.78 is 10.0. The standard InChI is InChI=1S/C23H27N3O5S/c1-30-16-14-24-22(29)18-7-9-19(10-8-18)25-23(32)26-20(27)11-12-21(28)31-15-13-17-5-3-2-4-6-17/h2-10H,11-16H2,1H3,(H,24,29)(H2,25,26,27,32). The number of nitrogens with one attached hydrogen (secondary N) is 3. The van der Waals surface area contributed by atoms with E-state index in [1.165, 1.54) is 0 Å². The lowest BCUT2D eigenvalue weighted by Gasteiger charge is -2.10. The summed E-state index contributed by atoms with van der Waals surface area (Å²) >= 11 is 5.12. The predicted octanol–water partition coefficient (Wildman–Crippen LogP) is 2.44. The van der Waals surface area contributed by atoms with Crippen LogP contribution in [-0.2, 0) is 25.5 Å². The maximum Gasteiger partial charge on any atom is 0.306 e. The van der Waals surface area contributed by atoms with Gasteiger partial charge < -0.3 is 25.4 Å². The molecular formula is C23H27N3O5S. The lowest BCUT2D eigenvalue weighted by molar-refractivity contribution is -0.144. The molecule has 0 aliphatic carbocycles. The van der Waals surface area contributed by atoms with Gasteiger partial charge in [-0.15, -0.1) is 0 Å². The van der Waals surface area contributed by atoms with Gasteiger partial charge in [-0.1, -0.05) is 30.3 Å². The minimum Gasteiger partial charge on any atom is -0.465 e. The number of ether oxygens (including phenoxy) is 2. The number of thiocarbonyl (C=S) groups is 1. The molecule has 0 heterocycles. The van der Waals surface area contributed by atoms with Crippen molar-refractivity contribution in [3.05, 3.63) is 65.7 Å². The van der Waals surface area contributed by atoms with Crippen LogP contribution in [0.1, 0.15) is 28.8 Å². The zero-order valence-electron chi connectivity index (χ0n) is 17.9. The van der Waals surface area contributed by atoms with Gasteiger partial charge in [-0.2, -0.15) is 0 Å². The average molecular weight is 458 g/mol.